The topological polar surface area (TPSA) is 70.5 Å². The van der Waals surface area contributed by atoms with E-state index in [-0.39, 0.29) is 18.4 Å². The van der Waals surface area contributed by atoms with Crippen LogP contribution in [-0.4, -0.2) is 39.5 Å². The summed E-state index contributed by atoms with van der Waals surface area (Å²) in [7, 11) is 0. The summed E-state index contributed by atoms with van der Waals surface area (Å²) in [6.45, 7) is 2.61. The van der Waals surface area contributed by atoms with Gasteiger partial charge in [0.15, 0.2) is 0 Å². The van der Waals surface area contributed by atoms with Gasteiger partial charge in [-0.3, -0.25) is 14.6 Å². The van der Waals surface area contributed by atoms with Gasteiger partial charge in [-0.05, 0) is 44.2 Å². The van der Waals surface area contributed by atoms with Crippen molar-refractivity contribution in [1.29, 1.82) is 0 Å². The first kappa shape index (κ1) is 14.5. The molecule has 5 heteroatoms. The molecule has 0 radical (unpaired) electrons. The van der Waals surface area contributed by atoms with E-state index in [1.807, 2.05) is 17.9 Å². The number of carboxylic acid groups (broad SMARTS) is 1. The highest BCUT2D eigenvalue weighted by molar-refractivity contribution is 5.94. The third-order valence-corrected chi connectivity index (χ3v) is 3.70. The molecule has 20 heavy (non-hydrogen) atoms. The third kappa shape index (κ3) is 3.56. The van der Waals surface area contributed by atoms with E-state index in [1.165, 1.54) is 0 Å². The maximum Gasteiger partial charge on any atom is 0.303 e. The van der Waals surface area contributed by atoms with E-state index >= 15 is 0 Å². The molecular weight excluding hydrogens is 256 g/mol. The Kier molecular flexibility index (Phi) is 4.71. The highest BCUT2D eigenvalue weighted by Gasteiger charge is 2.27. The second-order valence-electron chi connectivity index (χ2n) is 5.33. The Morgan fingerprint density at radius 3 is 2.90 bits per heavy atom. The Bertz CT molecular complexity index is 502. The lowest BCUT2D eigenvalue weighted by atomic mass is 9.97. The zero-order chi connectivity index (χ0) is 14.5. The van der Waals surface area contributed by atoms with Gasteiger partial charge in [0.25, 0.3) is 5.91 Å². The van der Waals surface area contributed by atoms with Crippen molar-refractivity contribution in [2.75, 3.05) is 6.54 Å². The minimum atomic E-state index is -0.805. The van der Waals surface area contributed by atoms with Crippen molar-refractivity contribution in [3.8, 4) is 0 Å². The Labute approximate surface area is 118 Å². The monoisotopic (exact) mass is 276 g/mol. The van der Waals surface area contributed by atoms with E-state index in [4.69, 9.17) is 5.11 Å². The number of hydrogen-bond donors (Lipinski definition) is 1. The molecule has 1 atom stereocenters. The maximum absolute atomic E-state index is 12.5. The second kappa shape index (κ2) is 6.50. The van der Waals surface area contributed by atoms with E-state index in [2.05, 4.69) is 4.98 Å². The van der Waals surface area contributed by atoms with Gasteiger partial charge in [0, 0.05) is 31.4 Å². The summed E-state index contributed by atoms with van der Waals surface area (Å²) in [5.74, 6) is -0.837. The molecule has 2 rings (SSSR count). The van der Waals surface area contributed by atoms with Crippen LogP contribution < -0.4 is 0 Å². The maximum atomic E-state index is 12.5. The number of carbonyl (C=O) groups excluding carboxylic acids is 1. The van der Waals surface area contributed by atoms with Crippen LogP contribution in [0.2, 0.25) is 0 Å². The molecule has 1 N–H and O–H groups in total. The Balaban J connectivity index is 2.10. The highest BCUT2D eigenvalue weighted by atomic mass is 16.4. The number of amides is 1. The summed E-state index contributed by atoms with van der Waals surface area (Å²) < 4.78 is 0. The van der Waals surface area contributed by atoms with Crippen LogP contribution in [-0.2, 0) is 4.79 Å². The van der Waals surface area contributed by atoms with Crippen LogP contribution in [0.1, 0.15) is 48.0 Å². The Hall–Kier alpha value is -1.91. The molecule has 1 amide bonds. The van der Waals surface area contributed by atoms with E-state index in [1.54, 1.807) is 12.4 Å². The highest BCUT2D eigenvalue weighted by Crippen LogP contribution is 2.23. The van der Waals surface area contributed by atoms with Gasteiger partial charge in [0.05, 0.1) is 5.56 Å². The van der Waals surface area contributed by atoms with Gasteiger partial charge in [-0.1, -0.05) is 0 Å². The van der Waals surface area contributed by atoms with Crippen molar-refractivity contribution in [3.63, 3.8) is 0 Å². The summed E-state index contributed by atoms with van der Waals surface area (Å²) in [6, 6.07) is 1.87. The van der Waals surface area contributed by atoms with Crippen LogP contribution in [0.4, 0.5) is 0 Å². The zero-order valence-corrected chi connectivity index (χ0v) is 11.7. The summed E-state index contributed by atoms with van der Waals surface area (Å²) in [5, 5.41) is 8.81. The molecule has 5 nitrogen and oxygen atoms in total. The van der Waals surface area contributed by atoms with Crippen molar-refractivity contribution in [2.45, 2.75) is 45.1 Å². The first-order valence-electron chi connectivity index (χ1n) is 7.02. The predicted molar refractivity (Wildman–Crippen MR) is 74.5 cm³/mol. The summed E-state index contributed by atoms with van der Waals surface area (Å²) in [4.78, 5) is 29.1. The van der Waals surface area contributed by atoms with Crippen molar-refractivity contribution in [3.05, 3.63) is 29.6 Å². The van der Waals surface area contributed by atoms with Crippen molar-refractivity contribution < 1.29 is 14.7 Å². The predicted octanol–water partition coefficient (Wildman–Crippen LogP) is 2.25. The molecule has 1 saturated heterocycles. The molecule has 1 aromatic heterocycles. The molecule has 0 aromatic carbocycles. The fourth-order valence-corrected chi connectivity index (χ4v) is 2.70. The second-order valence-corrected chi connectivity index (χ2v) is 5.33. The lowest BCUT2D eigenvalue weighted by Crippen LogP contribution is -2.44. The zero-order valence-electron chi connectivity index (χ0n) is 11.7. The number of nitrogens with zero attached hydrogens (tertiary/aromatic N) is 2. The number of piperidine rings is 1. The number of hydrogen-bond acceptors (Lipinski definition) is 3. The van der Waals surface area contributed by atoms with Gasteiger partial charge in [-0.15, -0.1) is 0 Å². The minimum absolute atomic E-state index is 0.0312. The Morgan fingerprint density at radius 1 is 1.40 bits per heavy atom. The van der Waals surface area contributed by atoms with Crippen molar-refractivity contribution in [2.24, 2.45) is 0 Å². The van der Waals surface area contributed by atoms with Gasteiger partial charge in [-0.25, -0.2) is 0 Å². The first-order valence-corrected chi connectivity index (χ1v) is 7.02. The summed E-state index contributed by atoms with van der Waals surface area (Å²) in [6.07, 6.45) is 6.86. The standard InChI is InChI=1S/C15H20N2O3/c1-11-8-12(10-16-9-11)15(20)17-7-3-2-4-13(17)5-6-14(18)19/h8-10,13H,2-7H2,1H3,(H,18,19). The van der Waals surface area contributed by atoms with E-state index in [0.717, 1.165) is 24.8 Å². The first-order chi connectivity index (χ1) is 9.58. The molecule has 0 spiro atoms. The normalized spacial score (nSPS) is 18.9. The number of aryl methyl sites for hydroxylation is 1. The molecule has 108 valence electrons. The number of carboxylic acids is 1. The van der Waals surface area contributed by atoms with E-state index in [0.29, 0.717) is 18.5 Å². The van der Waals surface area contributed by atoms with Gasteiger partial charge in [0.1, 0.15) is 0 Å². The van der Waals surface area contributed by atoms with Crippen molar-refractivity contribution in [1.82, 2.24) is 9.88 Å². The fraction of sp³-hybridized carbons (Fsp3) is 0.533. The number of aliphatic carboxylic acids is 1. The number of likely N-dealkylation sites (tertiary alicyclic amines) is 1. The van der Waals surface area contributed by atoms with Gasteiger partial charge < -0.3 is 10.0 Å². The third-order valence-electron chi connectivity index (χ3n) is 3.70. The fourth-order valence-electron chi connectivity index (χ4n) is 2.70. The SMILES string of the molecule is Cc1cncc(C(=O)N2CCCCC2CCC(=O)O)c1. The van der Waals surface area contributed by atoms with Crippen LogP contribution in [0.15, 0.2) is 18.5 Å². The average molecular weight is 276 g/mol. The van der Waals surface area contributed by atoms with Gasteiger partial charge in [-0.2, -0.15) is 0 Å². The molecule has 1 aliphatic heterocycles. The molecular formula is C15H20N2O3. The largest absolute Gasteiger partial charge is 0.481 e. The molecule has 0 bridgehead atoms. The van der Waals surface area contributed by atoms with Gasteiger partial charge >= 0.3 is 5.97 Å². The molecule has 0 saturated carbocycles. The van der Waals surface area contributed by atoms with Crippen LogP contribution >= 0.6 is 0 Å². The van der Waals surface area contributed by atoms with E-state index < -0.39 is 5.97 Å². The molecule has 0 aliphatic carbocycles. The number of aromatic nitrogens is 1. The molecule has 1 aliphatic rings. The van der Waals surface area contributed by atoms with Crippen molar-refractivity contribution >= 4 is 11.9 Å². The molecule has 1 fully saturated rings. The van der Waals surface area contributed by atoms with Crippen LogP contribution in [0.5, 0.6) is 0 Å². The Morgan fingerprint density at radius 2 is 2.20 bits per heavy atom. The smallest absolute Gasteiger partial charge is 0.303 e. The average Bonchev–Trinajstić information content (AvgIpc) is 2.44. The number of rotatable bonds is 4. The van der Waals surface area contributed by atoms with Crippen LogP contribution in [0.3, 0.4) is 0 Å². The lowest BCUT2D eigenvalue weighted by Gasteiger charge is -2.35. The van der Waals surface area contributed by atoms with Crippen LogP contribution in [0.25, 0.3) is 0 Å². The summed E-state index contributed by atoms with van der Waals surface area (Å²) >= 11 is 0. The van der Waals surface area contributed by atoms with Gasteiger partial charge in [0.2, 0.25) is 0 Å². The summed E-state index contributed by atoms with van der Waals surface area (Å²) in [5.41, 5.74) is 1.54. The number of carbonyl (C=O) groups is 2. The van der Waals surface area contributed by atoms with E-state index in [9.17, 15) is 9.59 Å². The minimum Gasteiger partial charge on any atom is -0.481 e. The molecule has 1 unspecified atom stereocenters. The molecule has 1 aromatic rings. The molecule has 2 heterocycles. The lowest BCUT2D eigenvalue weighted by molar-refractivity contribution is -0.137. The number of pyridine rings is 1. The van der Waals surface area contributed by atoms with Crippen LogP contribution in [0, 0.1) is 6.92 Å². The quantitative estimate of drug-likeness (QED) is 0.915.